The van der Waals surface area contributed by atoms with Crippen molar-refractivity contribution in [2.24, 2.45) is 0 Å². The predicted molar refractivity (Wildman–Crippen MR) is 86.8 cm³/mol. The summed E-state index contributed by atoms with van der Waals surface area (Å²) in [5.41, 5.74) is -0.00960. The molecule has 2 aromatic carbocycles. The Balaban J connectivity index is 1.82. The average molecular weight is 346 g/mol. The van der Waals surface area contributed by atoms with Gasteiger partial charge in [0, 0.05) is 18.1 Å². The number of carbonyl (C=O) groups excluding carboxylic acids is 1. The number of carbonyl (C=O) groups is 1. The summed E-state index contributed by atoms with van der Waals surface area (Å²) >= 11 is 0. The zero-order chi connectivity index (χ0) is 17.8. The van der Waals surface area contributed by atoms with Crippen LogP contribution >= 0.6 is 0 Å². The Morgan fingerprint density at radius 3 is 2.80 bits per heavy atom. The minimum atomic E-state index is -1.06. The van der Waals surface area contributed by atoms with E-state index in [9.17, 15) is 13.6 Å². The number of fused-ring (bicyclic) bond motifs is 4. The number of halogens is 2. The number of ether oxygens (including phenoxy) is 2. The van der Waals surface area contributed by atoms with Gasteiger partial charge >= 0.3 is 6.03 Å². The molecule has 0 aromatic heterocycles. The molecule has 0 spiro atoms. The monoisotopic (exact) mass is 346 g/mol. The normalized spacial score (nSPS) is 24.2. The highest BCUT2D eigenvalue weighted by Crippen LogP contribution is 2.49. The van der Waals surface area contributed by atoms with E-state index < -0.39 is 23.4 Å². The number of nitrogens with one attached hydrogen (secondary N) is 1. The molecule has 0 aliphatic carbocycles. The van der Waals surface area contributed by atoms with E-state index in [1.807, 2.05) is 12.1 Å². The van der Waals surface area contributed by atoms with Gasteiger partial charge in [-0.25, -0.2) is 13.6 Å². The van der Waals surface area contributed by atoms with Gasteiger partial charge in [0.1, 0.15) is 0 Å². The Labute approximate surface area is 143 Å². The average Bonchev–Trinajstić information content (AvgIpc) is 2.57. The van der Waals surface area contributed by atoms with E-state index in [4.69, 9.17) is 9.47 Å². The van der Waals surface area contributed by atoms with E-state index in [2.05, 4.69) is 5.32 Å². The number of hydrogen-bond donors (Lipinski definition) is 1. The maximum atomic E-state index is 13.7. The molecule has 2 atom stereocenters. The Kier molecular flexibility index (Phi) is 3.35. The first-order chi connectivity index (χ1) is 11.9. The van der Waals surface area contributed by atoms with Gasteiger partial charge in [0.15, 0.2) is 28.9 Å². The standard InChI is InChI=1S/C18H16F2N2O3/c1-18-9-14(11-4-3-5-15(24-2)16(11)25-18)21-17(23)22(18)10-6-7-12(19)13(20)8-10/h3-8,14H,9H2,1-2H3,(H,21,23)/t14-,18+/m0/s1. The molecule has 2 aliphatic heterocycles. The first-order valence-electron chi connectivity index (χ1n) is 7.84. The van der Waals surface area contributed by atoms with Crippen LogP contribution in [0.15, 0.2) is 36.4 Å². The molecule has 0 saturated carbocycles. The number of urea groups is 1. The number of nitrogens with zero attached hydrogens (tertiary/aromatic N) is 1. The van der Waals surface area contributed by atoms with Gasteiger partial charge in [-0.3, -0.25) is 4.90 Å². The molecule has 0 radical (unpaired) electrons. The highest BCUT2D eigenvalue weighted by atomic mass is 19.2. The topological polar surface area (TPSA) is 50.8 Å². The number of hydrogen-bond acceptors (Lipinski definition) is 3. The van der Waals surface area contributed by atoms with Gasteiger partial charge in [-0.1, -0.05) is 12.1 Å². The highest BCUT2D eigenvalue weighted by molar-refractivity contribution is 5.95. The van der Waals surface area contributed by atoms with Crippen LogP contribution in [0.5, 0.6) is 11.5 Å². The van der Waals surface area contributed by atoms with Gasteiger partial charge in [0.05, 0.1) is 18.8 Å². The minimum Gasteiger partial charge on any atom is -0.493 e. The van der Waals surface area contributed by atoms with Crippen molar-refractivity contribution in [3.63, 3.8) is 0 Å². The van der Waals surface area contributed by atoms with Gasteiger partial charge in [-0.05, 0) is 25.1 Å². The molecule has 2 bridgehead atoms. The highest BCUT2D eigenvalue weighted by Gasteiger charge is 2.50. The fraction of sp³-hybridized carbons (Fsp3) is 0.278. The molecule has 0 unspecified atom stereocenters. The summed E-state index contributed by atoms with van der Waals surface area (Å²) in [6, 6.07) is 8.12. The van der Waals surface area contributed by atoms with Crippen molar-refractivity contribution in [2.45, 2.75) is 25.1 Å². The third-order valence-corrected chi connectivity index (χ3v) is 4.64. The van der Waals surface area contributed by atoms with Crippen LogP contribution < -0.4 is 19.7 Å². The third kappa shape index (κ3) is 2.30. The molecule has 130 valence electrons. The molecule has 1 N–H and O–H groups in total. The number of para-hydroxylation sites is 1. The molecule has 4 rings (SSSR count). The summed E-state index contributed by atoms with van der Waals surface area (Å²) in [7, 11) is 1.54. The second-order valence-corrected chi connectivity index (χ2v) is 6.30. The van der Waals surface area contributed by atoms with Gasteiger partial charge < -0.3 is 14.8 Å². The molecule has 1 saturated heterocycles. The summed E-state index contributed by atoms with van der Waals surface area (Å²) in [4.78, 5) is 14.0. The van der Waals surface area contributed by atoms with E-state index in [0.717, 1.165) is 17.7 Å². The maximum Gasteiger partial charge on any atom is 0.325 e. The first kappa shape index (κ1) is 15.7. The van der Waals surface area contributed by atoms with Gasteiger partial charge in [0.2, 0.25) is 0 Å². The number of methoxy groups -OCH3 is 1. The molecule has 1 fully saturated rings. The summed E-state index contributed by atoms with van der Waals surface area (Å²) in [6.45, 7) is 1.75. The third-order valence-electron chi connectivity index (χ3n) is 4.64. The molecular formula is C18H16F2N2O3. The molecule has 7 heteroatoms. The zero-order valence-corrected chi connectivity index (χ0v) is 13.7. The van der Waals surface area contributed by atoms with E-state index in [0.29, 0.717) is 17.9 Å². The van der Waals surface area contributed by atoms with Crippen molar-refractivity contribution >= 4 is 11.7 Å². The molecule has 5 nitrogen and oxygen atoms in total. The van der Waals surface area contributed by atoms with Crippen LogP contribution in [0.4, 0.5) is 19.3 Å². The smallest absolute Gasteiger partial charge is 0.325 e. The van der Waals surface area contributed by atoms with Crippen molar-refractivity contribution < 1.29 is 23.0 Å². The summed E-state index contributed by atoms with van der Waals surface area (Å²) in [6.07, 6.45) is 0.456. The van der Waals surface area contributed by atoms with Gasteiger partial charge in [-0.15, -0.1) is 0 Å². The van der Waals surface area contributed by atoms with E-state index in [1.165, 1.54) is 18.1 Å². The van der Waals surface area contributed by atoms with E-state index in [-0.39, 0.29) is 11.7 Å². The van der Waals surface area contributed by atoms with Crippen LogP contribution in [0.25, 0.3) is 0 Å². The Bertz CT molecular complexity index is 873. The maximum absolute atomic E-state index is 13.7. The van der Waals surface area contributed by atoms with Crippen LogP contribution in [0.3, 0.4) is 0 Å². The van der Waals surface area contributed by atoms with Crippen molar-refractivity contribution in [3.8, 4) is 11.5 Å². The lowest BCUT2D eigenvalue weighted by Crippen LogP contribution is -2.65. The Morgan fingerprint density at radius 1 is 1.28 bits per heavy atom. The quantitative estimate of drug-likeness (QED) is 0.901. The lowest BCUT2D eigenvalue weighted by molar-refractivity contribution is 0.0349. The zero-order valence-electron chi connectivity index (χ0n) is 13.7. The first-order valence-corrected chi connectivity index (χ1v) is 7.84. The molecular weight excluding hydrogens is 330 g/mol. The lowest BCUT2D eigenvalue weighted by Gasteiger charge is -2.50. The molecule has 2 amide bonds. The van der Waals surface area contributed by atoms with Crippen molar-refractivity contribution in [2.75, 3.05) is 12.0 Å². The van der Waals surface area contributed by atoms with Crippen LogP contribution in [0, 0.1) is 11.6 Å². The van der Waals surface area contributed by atoms with Gasteiger partial charge in [0.25, 0.3) is 0 Å². The number of anilines is 1. The molecule has 2 aromatic rings. The minimum absolute atomic E-state index is 0.218. The number of rotatable bonds is 2. The molecule has 25 heavy (non-hydrogen) atoms. The fourth-order valence-corrected chi connectivity index (χ4v) is 3.54. The Hall–Kier alpha value is -2.83. The Morgan fingerprint density at radius 2 is 2.08 bits per heavy atom. The van der Waals surface area contributed by atoms with Crippen molar-refractivity contribution in [1.29, 1.82) is 0 Å². The van der Waals surface area contributed by atoms with Crippen molar-refractivity contribution in [1.82, 2.24) is 5.32 Å². The van der Waals surface area contributed by atoms with Gasteiger partial charge in [-0.2, -0.15) is 0 Å². The van der Waals surface area contributed by atoms with Crippen LogP contribution in [-0.2, 0) is 0 Å². The van der Waals surface area contributed by atoms with Crippen LogP contribution in [0.2, 0.25) is 0 Å². The SMILES string of the molecule is COc1cccc2c1O[C@]1(C)C[C@@H]2NC(=O)N1c1ccc(F)c(F)c1. The summed E-state index contributed by atoms with van der Waals surface area (Å²) < 4.78 is 38.4. The second-order valence-electron chi connectivity index (χ2n) is 6.30. The summed E-state index contributed by atoms with van der Waals surface area (Å²) in [5, 5.41) is 2.90. The largest absolute Gasteiger partial charge is 0.493 e. The van der Waals surface area contributed by atoms with Crippen molar-refractivity contribution in [3.05, 3.63) is 53.6 Å². The number of amides is 2. The number of benzene rings is 2. The fourth-order valence-electron chi connectivity index (χ4n) is 3.54. The van der Waals surface area contributed by atoms with Crippen LogP contribution in [-0.4, -0.2) is 18.9 Å². The van der Waals surface area contributed by atoms with Crippen LogP contribution in [0.1, 0.15) is 24.9 Å². The molecule has 2 heterocycles. The van der Waals surface area contributed by atoms with E-state index >= 15 is 0 Å². The predicted octanol–water partition coefficient (Wildman–Crippen LogP) is 3.74. The second kappa shape index (κ2) is 5.34. The lowest BCUT2D eigenvalue weighted by atomic mass is 9.90. The molecule has 2 aliphatic rings. The summed E-state index contributed by atoms with van der Waals surface area (Å²) in [5.74, 6) is -0.906. The van der Waals surface area contributed by atoms with E-state index in [1.54, 1.807) is 13.0 Å².